The predicted octanol–water partition coefficient (Wildman–Crippen LogP) is 5.18. The van der Waals surface area contributed by atoms with E-state index in [0.717, 1.165) is 16.9 Å². The third kappa shape index (κ3) is 3.82. The van der Waals surface area contributed by atoms with Crippen LogP contribution in [0.15, 0.2) is 48.5 Å². The fourth-order valence-corrected chi connectivity index (χ4v) is 6.26. The van der Waals surface area contributed by atoms with E-state index in [1.54, 1.807) is 11.3 Å². The zero-order valence-corrected chi connectivity index (χ0v) is 19.6. The second-order valence-corrected chi connectivity index (χ2v) is 10.0. The van der Waals surface area contributed by atoms with Crippen molar-refractivity contribution in [2.24, 2.45) is 5.92 Å². The van der Waals surface area contributed by atoms with Crippen LogP contribution in [0.3, 0.4) is 0 Å². The highest BCUT2D eigenvalue weighted by Crippen LogP contribution is 2.50. The standard InChI is InChI=1S/C27H26N2O3S/c1-16(2)32-23-7-6-17(12-19(23)15-28)24-8-9-25(33-24)20-4-3-5-21-22(20)13-18-14-26(31)29(10-11-30)27(18)21/h3-9,12,16,18,27,30H,10-11,13-14H2,1-2H3. The molecule has 5 nitrogen and oxygen atoms in total. The van der Waals surface area contributed by atoms with Crippen molar-refractivity contribution in [2.45, 2.75) is 38.8 Å². The Morgan fingerprint density at radius 1 is 1.18 bits per heavy atom. The number of aliphatic hydroxyl groups excluding tert-OH is 1. The fourth-order valence-electron chi connectivity index (χ4n) is 5.21. The van der Waals surface area contributed by atoms with Crippen LogP contribution in [0.1, 0.15) is 43.0 Å². The molecular formula is C27H26N2O3S. The van der Waals surface area contributed by atoms with Crippen LogP contribution in [0.5, 0.6) is 5.75 Å². The van der Waals surface area contributed by atoms with E-state index in [2.05, 4.69) is 36.4 Å². The van der Waals surface area contributed by atoms with E-state index in [1.807, 2.05) is 36.9 Å². The summed E-state index contributed by atoms with van der Waals surface area (Å²) in [6.07, 6.45) is 1.45. The number of aliphatic hydroxyl groups is 1. The van der Waals surface area contributed by atoms with Crippen LogP contribution in [0.25, 0.3) is 20.9 Å². The minimum atomic E-state index is -0.00997. The Bertz CT molecular complexity index is 1260. The van der Waals surface area contributed by atoms with E-state index in [1.165, 1.54) is 21.6 Å². The second kappa shape index (κ2) is 8.66. The number of hydrogen-bond donors (Lipinski definition) is 1. The zero-order chi connectivity index (χ0) is 23.1. The maximum atomic E-state index is 12.4. The summed E-state index contributed by atoms with van der Waals surface area (Å²) in [6.45, 7) is 4.28. The highest BCUT2D eigenvalue weighted by Gasteiger charge is 2.45. The molecule has 1 amide bonds. The van der Waals surface area contributed by atoms with Gasteiger partial charge >= 0.3 is 0 Å². The molecule has 6 heteroatoms. The highest BCUT2D eigenvalue weighted by atomic mass is 32.1. The van der Waals surface area contributed by atoms with Crippen LogP contribution in [-0.4, -0.2) is 35.2 Å². The van der Waals surface area contributed by atoms with E-state index in [-0.39, 0.29) is 30.6 Å². The molecule has 2 heterocycles. The maximum Gasteiger partial charge on any atom is 0.223 e. The molecule has 0 saturated carbocycles. The number of hydrogen-bond acceptors (Lipinski definition) is 5. The van der Waals surface area contributed by atoms with E-state index in [0.29, 0.717) is 24.3 Å². The van der Waals surface area contributed by atoms with E-state index in [4.69, 9.17) is 4.74 Å². The van der Waals surface area contributed by atoms with Crippen molar-refractivity contribution in [3.8, 4) is 32.7 Å². The van der Waals surface area contributed by atoms with Gasteiger partial charge < -0.3 is 14.7 Å². The smallest absolute Gasteiger partial charge is 0.223 e. The quantitative estimate of drug-likeness (QED) is 0.552. The number of nitriles is 1. The summed E-state index contributed by atoms with van der Waals surface area (Å²) in [5, 5.41) is 19.0. The van der Waals surface area contributed by atoms with E-state index < -0.39 is 0 Å². The van der Waals surface area contributed by atoms with Crippen molar-refractivity contribution >= 4 is 17.2 Å². The Morgan fingerprint density at radius 3 is 2.76 bits per heavy atom. The molecule has 2 unspecified atom stereocenters. The normalized spacial score (nSPS) is 19.0. The largest absolute Gasteiger partial charge is 0.490 e. The van der Waals surface area contributed by atoms with Gasteiger partial charge in [0.2, 0.25) is 5.91 Å². The molecule has 5 rings (SSSR count). The molecule has 168 valence electrons. The summed E-state index contributed by atoms with van der Waals surface area (Å²) in [5.41, 5.74) is 5.29. The van der Waals surface area contributed by atoms with Gasteiger partial charge in [-0.05, 0) is 78.8 Å². The monoisotopic (exact) mass is 458 g/mol. The first-order chi connectivity index (χ1) is 16.0. The van der Waals surface area contributed by atoms with Crippen molar-refractivity contribution in [1.82, 2.24) is 4.90 Å². The van der Waals surface area contributed by atoms with Gasteiger partial charge in [0.05, 0.1) is 24.3 Å². The van der Waals surface area contributed by atoms with Crippen LogP contribution in [0.4, 0.5) is 0 Å². The van der Waals surface area contributed by atoms with Crippen LogP contribution in [0, 0.1) is 17.2 Å². The lowest BCUT2D eigenvalue weighted by Gasteiger charge is -2.24. The first-order valence-corrected chi connectivity index (χ1v) is 12.1. The van der Waals surface area contributed by atoms with Crippen LogP contribution in [0.2, 0.25) is 0 Å². The number of thiophene rings is 1. The molecule has 2 aliphatic rings. The highest BCUT2D eigenvalue weighted by molar-refractivity contribution is 7.18. The summed E-state index contributed by atoms with van der Waals surface area (Å²) >= 11 is 1.71. The SMILES string of the molecule is CC(C)Oc1ccc(-c2ccc(-c3cccc4c3CC3CC(=O)N(CCO)C43)s2)cc1C#N. The predicted molar refractivity (Wildman–Crippen MR) is 129 cm³/mol. The van der Waals surface area contributed by atoms with E-state index >= 15 is 0 Å². The van der Waals surface area contributed by atoms with Crippen molar-refractivity contribution in [2.75, 3.05) is 13.2 Å². The topological polar surface area (TPSA) is 73.6 Å². The van der Waals surface area contributed by atoms with Crippen molar-refractivity contribution in [1.29, 1.82) is 5.26 Å². The number of ether oxygens (including phenoxy) is 1. The molecule has 2 aromatic carbocycles. The van der Waals surface area contributed by atoms with E-state index in [9.17, 15) is 15.2 Å². The Balaban J connectivity index is 1.48. The molecule has 1 aliphatic heterocycles. The Morgan fingerprint density at radius 2 is 2.00 bits per heavy atom. The molecule has 0 radical (unpaired) electrons. The molecule has 0 bridgehead atoms. The van der Waals surface area contributed by atoms with Crippen LogP contribution >= 0.6 is 11.3 Å². The average molecular weight is 459 g/mol. The third-order valence-electron chi connectivity index (χ3n) is 6.50. The van der Waals surface area contributed by atoms with Gasteiger partial charge in [0.1, 0.15) is 11.8 Å². The van der Waals surface area contributed by atoms with Crippen molar-refractivity contribution in [3.63, 3.8) is 0 Å². The van der Waals surface area contributed by atoms with Crippen LogP contribution < -0.4 is 4.74 Å². The summed E-state index contributed by atoms with van der Waals surface area (Å²) < 4.78 is 5.76. The number of rotatable bonds is 6. The van der Waals surface area contributed by atoms with Gasteiger partial charge in [0.25, 0.3) is 0 Å². The number of nitrogens with zero attached hydrogens (tertiary/aromatic N) is 2. The van der Waals surface area contributed by atoms with Gasteiger partial charge in [-0.2, -0.15) is 5.26 Å². The van der Waals surface area contributed by atoms with Crippen molar-refractivity contribution in [3.05, 3.63) is 65.2 Å². The minimum absolute atomic E-state index is 0.00997. The molecule has 33 heavy (non-hydrogen) atoms. The molecule has 1 N–H and O–H groups in total. The molecule has 1 aromatic heterocycles. The van der Waals surface area contributed by atoms with Gasteiger partial charge in [-0.25, -0.2) is 0 Å². The first kappa shape index (κ1) is 21.7. The molecule has 1 fully saturated rings. The van der Waals surface area contributed by atoms with Crippen LogP contribution in [-0.2, 0) is 11.2 Å². The molecule has 1 aliphatic carbocycles. The van der Waals surface area contributed by atoms with Crippen molar-refractivity contribution < 1.29 is 14.6 Å². The number of carbonyl (C=O) groups excluding carboxylic acids is 1. The number of benzene rings is 2. The maximum absolute atomic E-state index is 12.4. The van der Waals surface area contributed by atoms with Gasteiger partial charge in [0, 0.05) is 22.7 Å². The minimum Gasteiger partial charge on any atom is -0.490 e. The molecular weight excluding hydrogens is 432 g/mol. The summed E-state index contributed by atoms with van der Waals surface area (Å²) in [6, 6.07) is 18.7. The number of β-amino-alcohol motifs (C(OH)–C–C–N with tert-alkyl or cyclic N) is 1. The Kier molecular flexibility index (Phi) is 5.69. The first-order valence-electron chi connectivity index (χ1n) is 11.3. The molecule has 2 atom stereocenters. The number of likely N-dealkylation sites (tertiary alicyclic amines) is 1. The lowest BCUT2D eigenvalue weighted by Crippen LogP contribution is -2.30. The summed E-state index contributed by atoms with van der Waals surface area (Å²) in [4.78, 5) is 16.6. The summed E-state index contributed by atoms with van der Waals surface area (Å²) in [7, 11) is 0. The lowest BCUT2D eigenvalue weighted by atomic mass is 10.0. The molecule has 3 aromatic rings. The van der Waals surface area contributed by atoms with Gasteiger partial charge in [0.15, 0.2) is 0 Å². The number of carbonyl (C=O) groups is 1. The zero-order valence-electron chi connectivity index (χ0n) is 18.7. The van der Waals surface area contributed by atoms with Gasteiger partial charge in [-0.3, -0.25) is 4.79 Å². The number of amides is 1. The fraction of sp³-hybridized carbons (Fsp3) is 0.333. The second-order valence-electron chi connectivity index (χ2n) is 8.95. The Labute approximate surface area is 197 Å². The van der Waals surface area contributed by atoms with Gasteiger partial charge in [-0.15, -0.1) is 11.3 Å². The lowest BCUT2D eigenvalue weighted by molar-refractivity contribution is -0.129. The average Bonchev–Trinajstić information content (AvgIpc) is 3.49. The number of fused-ring (bicyclic) bond motifs is 3. The Hall–Kier alpha value is -3.14. The van der Waals surface area contributed by atoms with Gasteiger partial charge in [-0.1, -0.05) is 18.2 Å². The molecule has 0 spiro atoms. The summed E-state index contributed by atoms with van der Waals surface area (Å²) in [5.74, 6) is 1.04. The molecule has 1 saturated heterocycles. The third-order valence-corrected chi connectivity index (χ3v) is 7.66.